The Balaban J connectivity index is 2.46. The fraction of sp³-hybridized carbons (Fsp3) is 0.440. The zero-order valence-corrected chi connectivity index (χ0v) is 23.0. The van der Waals surface area contributed by atoms with E-state index in [-0.39, 0.29) is 18.4 Å². The molecule has 2 aromatic carbocycles. The Kier molecular flexibility index (Phi) is 10.4. The van der Waals surface area contributed by atoms with Gasteiger partial charge in [-0.15, -0.1) is 0 Å². The summed E-state index contributed by atoms with van der Waals surface area (Å²) in [6, 6.07) is 11.1. The molecule has 1 N–H and O–H groups in total. The molecule has 35 heavy (non-hydrogen) atoms. The van der Waals surface area contributed by atoms with E-state index in [1.165, 1.54) is 4.90 Å². The van der Waals surface area contributed by atoms with Gasteiger partial charge in [0.05, 0.1) is 11.9 Å². The lowest BCUT2D eigenvalue weighted by atomic mass is 10.1. The highest BCUT2D eigenvalue weighted by Gasteiger charge is 2.31. The Hall–Kier alpha value is -2.29. The summed E-state index contributed by atoms with van der Waals surface area (Å²) in [5, 5.41) is 3.53. The van der Waals surface area contributed by atoms with Crippen LogP contribution < -0.4 is 9.62 Å². The number of anilines is 1. The molecule has 1 atom stereocenters. The Bertz CT molecular complexity index is 1130. The first kappa shape index (κ1) is 28.9. The molecular formula is C25H33Cl2N3O4S. The van der Waals surface area contributed by atoms with Crippen LogP contribution in [0.25, 0.3) is 0 Å². The fourth-order valence-electron chi connectivity index (χ4n) is 3.54. The molecule has 1 unspecified atom stereocenters. The average molecular weight is 543 g/mol. The van der Waals surface area contributed by atoms with E-state index in [1.54, 1.807) is 37.3 Å². The zero-order chi connectivity index (χ0) is 26.3. The van der Waals surface area contributed by atoms with Crippen molar-refractivity contribution in [2.45, 2.75) is 46.7 Å². The number of rotatable bonds is 11. The summed E-state index contributed by atoms with van der Waals surface area (Å²) in [4.78, 5) is 27.9. The smallest absolute Gasteiger partial charge is 0.244 e. The standard InChI is InChI=1S/C25H33Cl2N3O4S/c1-6-19-10-7-8-13-23(19)30(35(5,33)34)16-24(31)29(18(4)25(32)28-14-17(2)3)15-20-21(26)11-9-12-22(20)27/h7-13,17-18H,6,14-16H2,1-5H3,(H,28,32). The second kappa shape index (κ2) is 12.6. The first-order valence-corrected chi connectivity index (χ1v) is 14.0. The highest BCUT2D eigenvalue weighted by atomic mass is 35.5. The lowest BCUT2D eigenvalue weighted by Crippen LogP contribution is -2.51. The number of halogens is 2. The molecule has 0 aromatic heterocycles. The second-order valence-corrected chi connectivity index (χ2v) is 11.5. The Morgan fingerprint density at radius 3 is 2.14 bits per heavy atom. The second-order valence-electron chi connectivity index (χ2n) is 8.79. The monoisotopic (exact) mass is 541 g/mol. The lowest BCUT2D eigenvalue weighted by Gasteiger charge is -2.32. The zero-order valence-electron chi connectivity index (χ0n) is 20.7. The van der Waals surface area contributed by atoms with Gasteiger partial charge in [0.15, 0.2) is 0 Å². The van der Waals surface area contributed by atoms with E-state index in [4.69, 9.17) is 23.2 Å². The Labute approximate surface area is 218 Å². The number of benzene rings is 2. The normalized spacial score (nSPS) is 12.3. The highest BCUT2D eigenvalue weighted by molar-refractivity contribution is 7.92. The van der Waals surface area contributed by atoms with Crippen molar-refractivity contribution in [1.82, 2.24) is 10.2 Å². The molecule has 0 radical (unpaired) electrons. The first-order valence-electron chi connectivity index (χ1n) is 11.4. The molecule has 0 saturated carbocycles. The Morgan fingerprint density at radius 1 is 1.00 bits per heavy atom. The summed E-state index contributed by atoms with van der Waals surface area (Å²) in [5.41, 5.74) is 1.69. The summed E-state index contributed by atoms with van der Waals surface area (Å²) < 4.78 is 26.6. The predicted octanol–water partition coefficient (Wildman–Crippen LogP) is 4.51. The van der Waals surface area contributed by atoms with Gasteiger partial charge in [-0.05, 0) is 43.0 Å². The number of aryl methyl sites for hydroxylation is 1. The first-order chi connectivity index (χ1) is 16.4. The van der Waals surface area contributed by atoms with Crippen LogP contribution in [-0.4, -0.2) is 50.5 Å². The van der Waals surface area contributed by atoms with Crippen LogP contribution in [0.15, 0.2) is 42.5 Å². The van der Waals surface area contributed by atoms with Crippen molar-refractivity contribution < 1.29 is 18.0 Å². The number of hydrogen-bond acceptors (Lipinski definition) is 4. The number of para-hydroxylation sites is 1. The van der Waals surface area contributed by atoms with E-state index in [9.17, 15) is 18.0 Å². The van der Waals surface area contributed by atoms with Crippen molar-refractivity contribution in [3.05, 3.63) is 63.6 Å². The van der Waals surface area contributed by atoms with Crippen molar-refractivity contribution in [2.24, 2.45) is 5.92 Å². The number of carbonyl (C=O) groups excluding carboxylic acids is 2. The summed E-state index contributed by atoms with van der Waals surface area (Å²) in [6.45, 7) is 7.36. The molecule has 0 spiro atoms. The van der Waals surface area contributed by atoms with Crippen LogP contribution in [0.5, 0.6) is 0 Å². The summed E-state index contributed by atoms with van der Waals surface area (Å²) in [6.07, 6.45) is 1.64. The van der Waals surface area contributed by atoms with Gasteiger partial charge in [0, 0.05) is 28.7 Å². The molecule has 2 aromatic rings. The number of nitrogens with one attached hydrogen (secondary N) is 1. The lowest BCUT2D eigenvalue weighted by molar-refractivity contribution is -0.139. The van der Waals surface area contributed by atoms with E-state index in [1.807, 2.05) is 32.9 Å². The van der Waals surface area contributed by atoms with Gasteiger partial charge in [0.1, 0.15) is 12.6 Å². The minimum Gasteiger partial charge on any atom is -0.354 e. The van der Waals surface area contributed by atoms with E-state index < -0.39 is 28.5 Å². The van der Waals surface area contributed by atoms with E-state index in [0.717, 1.165) is 16.1 Å². The van der Waals surface area contributed by atoms with Gasteiger partial charge >= 0.3 is 0 Å². The van der Waals surface area contributed by atoms with Gasteiger partial charge in [-0.3, -0.25) is 13.9 Å². The van der Waals surface area contributed by atoms with Crippen molar-refractivity contribution in [3.63, 3.8) is 0 Å². The van der Waals surface area contributed by atoms with Gasteiger partial charge in [-0.2, -0.15) is 0 Å². The molecule has 10 heteroatoms. The molecule has 192 valence electrons. The number of carbonyl (C=O) groups is 2. The third-order valence-electron chi connectivity index (χ3n) is 5.56. The molecule has 0 fully saturated rings. The average Bonchev–Trinajstić information content (AvgIpc) is 2.79. The quantitative estimate of drug-likeness (QED) is 0.453. The van der Waals surface area contributed by atoms with Gasteiger partial charge in [0.2, 0.25) is 21.8 Å². The topological polar surface area (TPSA) is 86.8 Å². The van der Waals surface area contributed by atoms with E-state index in [2.05, 4.69) is 5.32 Å². The summed E-state index contributed by atoms with van der Waals surface area (Å²) >= 11 is 12.7. The number of sulfonamides is 1. The third kappa shape index (κ3) is 7.85. The molecule has 0 aliphatic carbocycles. The van der Waals surface area contributed by atoms with Crippen molar-refractivity contribution in [3.8, 4) is 0 Å². The van der Waals surface area contributed by atoms with E-state index in [0.29, 0.717) is 34.3 Å². The van der Waals surface area contributed by atoms with Crippen LogP contribution in [0.1, 0.15) is 38.8 Å². The SMILES string of the molecule is CCc1ccccc1N(CC(=O)N(Cc1c(Cl)cccc1Cl)C(C)C(=O)NCC(C)C)S(C)(=O)=O. The largest absolute Gasteiger partial charge is 0.354 e. The van der Waals surface area contributed by atoms with Crippen LogP contribution in [0.2, 0.25) is 10.0 Å². The minimum absolute atomic E-state index is 0.0549. The molecule has 2 rings (SSSR count). The van der Waals surface area contributed by atoms with Crippen LogP contribution >= 0.6 is 23.2 Å². The molecule has 0 bridgehead atoms. The van der Waals surface area contributed by atoms with Crippen LogP contribution in [0.3, 0.4) is 0 Å². The van der Waals surface area contributed by atoms with Crippen LogP contribution in [-0.2, 0) is 32.6 Å². The van der Waals surface area contributed by atoms with Gasteiger partial charge in [0.25, 0.3) is 0 Å². The van der Waals surface area contributed by atoms with Gasteiger partial charge in [-0.25, -0.2) is 8.42 Å². The van der Waals surface area contributed by atoms with E-state index >= 15 is 0 Å². The maximum absolute atomic E-state index is 13.6. The van der Waals surface area contributed by atoms with Crippen LogP contribution in [0, 0.1) is 5.92 Å². The maximum Gasteiger partial charge on any atom is 0.244 e. The summed E-state index contributed by atoms with van der Waals surface area (Å²) in [5.74, 6) is -0.681. The molecule has 0 heterocycles. The minimum atomic E-state index is -3.80. The predicted molar refractivity (Wildman–Crippen MR) is 142 cm³/mol. The third-order valence-corrected chi connectivity index (χ3v) is 7.40. The van der Waals surface area contributed by atoms with Crippen molar-refractivity contribution in [1.29, 1.82) is 0 Å². The molecule has 0 aliphatic heterocycles. The number of hydrogen-bond donors (Lipinski definition) is 1. The fourth-order valence-corrected chi connectivity index (χ4v) is 4.93. The number of amides is 2. The van der Waals surface area contributed by atoms with Crippen molar-refractivity contribution in [2.75, 3.05) is 23.7 Å². The number of nitrogens with zero attached hydrogens (tertiary/aromatic N) is 2. The molecule has 0 saturated heterocycles. The highest BCUT2D eigenvalue weighted by Crippen LogP contribution is 2.28. The van der Waals surface area contributed by atoms with Gasteiger partial charge in [-0.1, -0.05) is 68.2 Å². The molecular weight excluding hydrogens is 509 g/mol. The Morgan fingerprint density at radius 2 is 1.60 bits per heavy atom. The van der Waals surface area contributed by atoms with Crippen LogP contribution in [0.4, 0.5) is 5.69 Å². The van der Waals surface area contributed by atoms with Gasteiger partial charge < -0.3 is 10.2 Å². The maximum atomic E-state index is 13.6. The summed E-state index contributed by atoms with van der Waals surface area (Å²) in [7, 11) is -3.80. The van der Waals surface area contributed by atoms with Crippen molar-refractivity contribution >= 4 is 50.7 Å². The molecule has 2 amide bonds. The molecule has 7 nitrogen and oxygen atoms in total. The molecule has 0 aliphatic rings.